The van der Waals surface area contributed by atoms with E-state index in [0.717, 1.165) is 4.88 Å². The van der Waals surface area contributed by atoms with Crippen molar-refractivity contribution in [2.75, 3.05) is 38.7 Å². The predicted octanol–water partition coefficient (Wildman–Crippen LogP) is 4.36. The minimum Gasteiger partial charge on any atom is -0.496 e. The summed E-state index contributed by atoms with van der Waals surface area (Å²) in [7, 11) is 1.49. The summed E-state index contributed by atoms with van der Waals surface area (Å²) in [5.41, 5.74) is 0.669. The lowest BCUT2D eigenvalue weighted by Gasteiger charge is -2.27. The summed E-state index contributed by atoms with van der Waals surface area (Å²) in [6.45, 7) is 2.03. The van der Waals surface area contributed by atoms with E-state index in [1.807, 2.05) is 6.07 Å². The van der Waals surface area contributed by atoms with Crippen molar-refractivity contribution in [3.8, 4) is 17.1 Å². The van der Waals surface area contributed by atoms with Crippen LogP contribution in [0.25, 0.3) is 11.4 Å². The number of hydrogen-bond donors (Lipinski definition) is 1. The summed E-state index contributed by atoms with van der Waals surface area (Å²) in [6, 6.07) is 15.5. The van der Waals surface area contributed by atoms with E-state index in [2.05, 4.69) is 26.3 Å². The highest BCUT2D eigenvalue weighted by Gasteiger charge is 2.24. The molecule has 1 aromatic carbocycles. The highest BCUT2D eigenvalue weighted by molar-refractivity contribution is 9.10. The molecule has 4 heterocycles. The molecule has 13 heteroatoms. The number of nitrogens with one attached hydrogen (secondary N) is 1. The van der Waals surface area contributed by atoms with Crippen LogP contribution in [0.4, 0.5) is 5.82 Å². The molecule has 1 N–H and O–H groups in total. The van der Waals surface area contributed by atoms with Gasteiger partial charge in [0.25, 0.3) is 11.5 Å². The average Bonchev–Trinajstić information content (AvgIpc) is 3.60. The first-order valence-electron chi connectivity index (χ1n) is 12.4. The number of nitrogens with zero attached hydrogens (tertiary/aromatic N) is 4. The predicted molar refractivity (Wildman–Crippen MR) is 156 cm³/mol. The maximum absolute atomic E-state index is 13.7. The zero-order chi connectivity index (χ0) is 28.2. The van der Waals surface area contributed by atoms with E-state index < -0.39 is 5.91 Å². The number of ether oxygens (including phenoxy) is 2. The number of benzene rings is 1. The van der Waals surface area contributed by atoms with Crippen molar-refractivity contribution in [1.29, 1.82) is 0 Å². The molecule has 1 aliphatic rings. The third-order valence-electron chi connectivity index (χ3n) is 6.36. The number of thiophene rings is 1. The third kappa shape index (κ3) is 5.99. The number of hydrogen-bond acceptors (Lipinski definition) is 8. The zero-order valence-electron chi connectivity index (χ0n) is 21.4. The maximum Gasteiger partial charge on any atom is 0.283 e. The van der Waals surface area contributed by atoms with E-state index in [9.17, 15) is 14.4 Å². The van der Waals surface area contributed by atoms with Crippen LogP contribution >= 0.6 is 38.9 Å². The molecular weight excluding hydrogens is 622 g/mol. The highest BCUT2D eigenvalue weighted by atomic mass is 79.9. The van der Waals surface area contributed by atoms with Crippen LogP contribution in [0.1, 0.15) is 15.2 Å². The van der Waals surface area contributed by atoms with Crippen LogP contribution in [0, 0.1) is 0 Å². The molecule has 0 bridgehead atoms. The van der Waals surface area contributed by atoms with Gasteiger partial charge in [-0.05, 0) is 52.3 Å². The summed E-state index contributed by atoms with van der Waals surface area (Å²) >= 11 is 10.8. The Kier molecular flexibility index (Phi) is 8.69. The van der Waals surface area contributed by atoms with Gasteiger partial charge in [0.2, 0.25) is 5.91 Å². The van der Waals surface area contributed by atoms with Gasteiger partial charge < -0.3 is 19.7 Å². The van der Waals surface area contributed by atoms with E-state index in [-0.39, 0.29) is 18.0 Å². The van der Waals surface area contributed by atoms with Crippen molar-refractivity contribution >= 4 is 56.5 Å². The summed E-state index contributed by atoms with van der Waals surface area (Å²) in [6.07, 6.45) is 0. The molecule has 0 spiro atoms. The Morgan fingerprint density at radius 1 is 1.15 bits per heavy atom. The quantitative estimate of drug-likeness (QED) is 0.303. The summed E-state index contributed by atoms with van der Waals surface area (Å²) in [5, 5.41) is 7.87. The molecule has 0 aliphatic carbocycles. The zero-order valence-corrected chi connectivity index (χ0v) is 24.6. The molecule has 1 amide bonds. The number of methoxy groups -OCH3 is 1. The maximum atomic E-state index is 13.7. The molecule has 1 saturated heterocycles. The summed E-state index contributed by atoms with van der Waals surface area (Å²) in [5.74, 6) is 0.169. The fraction of sp³-hybridized carbons (Fsp3) is 0.259. The van der Waals surface area contributed by atoms with Gasteiger partial charge >= 0.3 is 0 Å². The van der Waals surface area contributed by atoms with Gasteiger partial charge in [-0.1, -0.05) is 23.7 Å². The standard InChI is InChI=1S/C27H25BrClN5O5S/c1-38-22-5-3-2-4-18(22)26(36)34-24(30-15-17-6-9-23(29)40-17)14-20(31-34)21-8-7-19(28)27(37)33(21)16-25(35)32-10-12-39-13-11-32/h2-9,14,30H,10-13,15-16H2,1H3. The van der Waals surface area contributed by atoms with E-state index >= 15 is 0 Å². The Morgan fingerprint density at radius 2 is 1.93 bits per heavy atom. The topological polar surface area (TPSA) is 108 Å². The molecule has 208 valence electrons. The largest absolute Gasteiger partial charge is 0.496 e. The second-order valence-corrected chi connectivity index (χ2v) is 11.5. The molecule has 0 radical (unpaired) electrons. The molecule has 0 saturated carbocycles. The minimum atomic E-state index is -0.425. The molecule has 4 aromatic rings. The molecule has 3 aromatic heterocycles. The van der Waals surface area contributed by atoms with E-state index in [0.29, 0.717) is 70.2 Å². The van der Waals surface area contributed by atoms with Crippen LogP contribution < -0.4 is 15.6 Å². The number of rotatable bonds is 8. The molecule has 5 rings (SSSR count). The van der Waals surface area contributed by atoms with Gasteiger partial charge in [-0.2, -0.15) is 9.78 Å². The SMILES string of the molecule is COc1ccccc1C(=O)n1nc(-c2ccc(Br)c(=O)n2CC(=O)N2CCOCC2)cc1NCc1ccc(Cl)s1. The van der Waals surface area contributed by atoms with Crippen LogP contribution in [-0.4, -0.2) is 64.5 Å². The third-order valence-corrected chi connectivity index (χ3v) is 8.19. The number of halogens is 2. The summed E-state index contributed by atoms with van der Waals surface area (Å²) < 4.78 is 14.3. The number of para-hydroxylation sites is 1. The lowest BCUT2D eigenvalue weighted by atomic mass is 10.2. The second kappa shape index (κ2) is 12.4. The molecule has 1 aliphatic heterocycles. The first-order valence-corrected chi connectivity index (χ1v) is 14.4. The van der Waals surface area contributed by atoms with Crippen LogP contribution in [0.2, 0.25) is 4.34 Å². The lowest BCUT2D eigenvalue weighted by Crippen LogP contribution is -2.43. The Morgan fingerprint density at radius 3 is 2.65 bits per heavy atom. The van der Waals surface area contributed by atoms with E-state index in [1.165, 1.54) is 27.7 Å². The molecule has 10 nitrogen and oxygen atoms in total. The van der Waals surface area contributed by atoms with Crippen LogP contribution in [0.15, 0.2) is 63.9 Å². The number of aromatic nitrogens is 3. The number of amides is 1. The fourth-order valence-corrected chi connectivity index (χ4v) is 5.70. The number of morpholine rings is 1. The van der Waals surface area contributed by atoms with Crippen LogP contribution in [0.3, 0.4) is 0 Å². The highest BCUT2D eigenvalue weighted by Crippen LogP contribution is 2.27. The van der Waals surface area contributed by atoms with Crippen LogP contribution in [-0.2, 0) is 22.6 Å². The number of anilines is 1. The van der Waals surface area contributed by atoms with Crippen molar-refractivity contribution < 1.29 is 19.1 Å². The van der Waals surface area contributed by atoms with Gasteiger partial charge in [-0.25, -0.2) is 0 Å². The Balaban J connectivity index is 1.55. The van der Waals surface area contributed by atoms with Gasteiger partial charge in [0.05, 0.1) is 46.9 Å². The molecule has 0 unspecified atom stereocenters. The van der Waals surface area contributed by atoms with Gasteiger partial charge in [-0.3, -0.25) is 19.0 Å². The molecule has 1 fully saturated rings. The fourth-order valence-electron chi connectivity index (χ4n) is 4.33. The van der Waals surface area contributed by atoms with Crippen molar-refractivity contribution in [2.24, 2.45) is 0 Å². The van der Waals surface area contributed by atoms with Gasteiger partial charge in [0.1, 0.15) is 23.8 Å². The molecular formula is C27H25BrClN5O5S. The Bertz CT molecular complexity index is 1610. The van der Waals surface area contributed by atoms with Gasteiger partial charge in [-0.15, -0.1) is 11.3 Å². The second-order valence-electron chi connectivity index (χ2n) is 8.84. The monoisotopic (exact) mass is 645 g/mol. The number of carbonyl (C=O) groups excluding carboxylic acids is 2. The van der Waals surface area contributed by atoms with Crippen molar-refractivity contribution in [3.63, 3.8) is 0 Å². The van der Waals surface area contributed by atoms with Gasteiger partial charge in [0.15, 0.2) is 0 Å². The summed E-state index contributed by atoms with van der Waals surface area (Å²) in [4.78, 5) is 42.6. The van der Waals surface area contributed by atoms with Crippen molar-refractivity contribution in [3.05, 3.63) is 84.2 Å². The normalized spacial score (nSPS) is 13.3. The number of carbonyl (C=O) groups is 2. The minimum absolute atomic E-state index is 0.183. The average molecular weight is 647 g/mol. The van der Waals surface area contributed by atoms with Crippen molar-refractivity contribution in [1.82, 2.24) is 19.2 Å². The number of pyridine rings is 1. The smallest absolute Gasteiger partial charge is 0.283 e. The lowest BCUT2D eigenvalue weighted by molar-refractivity contribution is -0.135. The Hall–Kier alpha value is -3.45. The van der Waals surface area contributed by atoms with Gasteiger partial charge in [0, 0.05) is 24.0 Å². The molecule has 0 atom stereocenters. The first kappa shape index (κ1) is 28.1. The molecule has 40 heavy (non-hydrogen) atoms. The van der Waals surface area contributed by atoms with Crippen molar-refractivity contribution in [2.45, 2.75) is 13.1 Å². The Labute approximate surface area is 247 Å². The van der Waals surface area contributed by atoms with Crippen LogP contribution in [0.5, 0.6) is 5.75 Å². The first-order chi connectivity index (χ1) is 19.4. The van der Waals surface area contributed by atoms with E-state index in [4.69, 9.17) is 21.1 Å². The van der Waals surface area contributed by atoms with E-state index in [1.54, 1.807) is 53.4 Å².